The normalized spacial score (nSPS) is 12.7. The zero-order chi connectivity index (χ0) is 15.0. The predicted molar refractivity (Wildman–Crippen MR) is 75.7 cm³/mol. The van der Waals surface area contributed by atoms with E-state index in [4.69, 9.17) is 4.74 Å². The van der Waals surface area contributed by atoms with Gasteiger partial charge in [0.25, 0.3) is 0 Å². The number of halogens is 2. The lowest BCUT2D eigenvalue weighted by molar-refractivity contribution is 0.0409. The number of hydrogen-bond acceptors (Lipinski definition) is 3. The Bertz CT molecular complexity index is 379. The summed E-state index contributed by atoms with van der Waals surface area (Å²) in [5, 5.41) is 12.2. The minimum atomic E-state index is -0.798. The second kappa shape index (κ2) is 8.87. The molecule has 0 saturated heterocycles. The molecule has 1 aromatic carbocycles. The van der Waals surface area contributed by atoms with E-state index in [0.29, 0.717) is 12.5 Å². The number of aliphatic hydroxyl groups is 1. The highest BCUT2D eigenvalue weighted by Gasteiger charge is 2.10. The summed E-state index contributed by atoms with van der Waals surface area (Å²) < 4.78 is 31.9. The van der Waals surface area contributed by atoms with Crippen LogP contribution in [0.2, 0.25) is 0 Å². The summed E-state index contributed by atoms with van der Waals surface area (Å²) in [4.78, 5) is 0. The first kappa shape index (κ1) is 16.9. The van der Waals surface area contributed by atoms with Crippen molar-refractivity contribution in [2.45, 2.75) is 32.8 Å². The molecule has 0 amide bonds. The second-order valence-corrected chi connectivity index (χ2v) is 5.24. The smallest absolute Gasteiger partial charge is 0.149 e. The van der Waals surface area contributed by atoms with Gasteiger partial charge in [-0.25, -0.2) is 8.78 Å². The van der Waals surface area contributed by atoms with Gasteiger partial charge in [-0.15, -0.1) is 0 Å². The summed E-state index contributed by atoms with van der Waals surface area (Å²) in [5.74, 6) is -0.709. The van der Waals surface area contributed by atoms with Gasteiger partial charge in [-0.05, 0) is 30.9 Å². The topological polar surface area (TPSA) is 41.5 Å². The van der Waals surface area contributed by atoms with Crippen LogP contribution in [0.25, 0.3) is 0 Å². The maximum Gasteiger partial charge on any atom is 0.149 e. The largest absolute Gasteiger partial charge is 0.389 e. The number of nitrogens with one attached hydrogen (secondary N) is 1. The van der Waals surface area contributed by atoms with Gasteiger partial charge in [-0.3, -0.25) is 0 Å². The van der Waals surface area contributed by atoms with Gasteiger partial charge in [0.1, 0.15) is 17.3 Å². The molecule has 20 heavy (non-hydrogen) atoms. The molecule has 1 unspecified atom stereocenters. The van der Waals surface area contributed by atoms with Crippen LogP contribution in [0.5, 0.6) is 0 Å². The molecule has 1 atom stereocenters. The zero-order valence-electron chi connectivity index (χ0n) is 12.0. The van der Waals surface area contributed by atoms with Crippen LogP contribution in [0.15, 0.2) is 18.2 Å². The Balaban J connectivity index is 2.21. The molecule has 0 aromatic heterocycles. The predicted octanol–water partition coefficient (Wildman–Crippen LogP) is 3.19. The summed E-state index contributed by atoms with van der Waals surface area (Å²) >= 11 is 0. The number of anilines is 1. The minimum Gasteiger partial charge on any atom is -0.389 e. The maximum absolute atomic E-state index is 13.3. The maximum atomic E-state index is 13.3. The van der Waals surface area contributed by atoms with Crippen molar-refractivity contribution in [1.29, 1.82) is 0 Å². The number of benzene rings is 1. The first-order chi connectivity index (χ1) is 9.50. The van der Waals surface area contributed by atoms with Gasteiger partial charge in [0.15, 0.2) is 0 Å². The Labute approximate surface area is 119 Å². The summed E-state index contributed by atoms with van der Waals surface area (Å²) in [6.07, 6.45) is 1.22. The van der Waals surface area contributed by atoms with E-state index in [1.807, 2.05) is 0 Å². The third-order valence-electron chi connectivity index (χ3n) is 2.86. The third-order valence-corrected chi connectivity index (χ3v) is 2.86. The quantitative estimate of drug-likeness (QED) is 0.685. The standard InChI is InChI=1S/C15H23F2NO2/c1-11(2)5-4-8-20-10-12(19)9-18-15-13(16)6-3-7-14(15)17/h3,6-7,11-12,18-19H,4-5,8-10H2,1-2H3. The van der Waals surface area contributed by atoms with E-state index in [9.17, 15) is 13.9 Å². The zero-order valence-corrected chi connectivity index (χ0v) is 12.0. The molecule has 0 aliphatic carbocycles. The molecule has 0 aliphatic heterocycles. The first-order valence-electron chi connectivity index (χ1n) is 6.94. The first-order valence-corrected chi connectivity index (χ1v) is 6.94. The Morgan fingerprint density at radius 3 is 2.50 bits per heavy atom. The van der Waals surface area contributed by atoms with Crippen LogP contribution >= 0.6 is 0 Å². The molecule has 0 spiro atoms. The summed E-state index contributed by atoms with van der Waals surface area (Å²) in [6, 6.07) is 3.63. The SMILES string of the molecule is CC(C)CCCOCC(O)CNc1c(F)cccc1F. The third kappa shape index (κ3) is 6.30. The monoisotopic (exact) mass is 287 g/mol. The number of hydrogen-bond donors (Lipinski definition) is 2. The van der Waals surface area contributed by atoms with Crippen LogP contribution in [-0.2, 0) is 4.74 Å². The molecule has 5 heteroatoms. The van der Waals surface area contributed by atoms with E-state index in [0.717, 1.165) is 12.8 Å². The van der Waals surface area contributed by atoms with Gasteiger partial charge >= 0.3 is 0 Å². The number of aliphatic hydroxyl groups excluding tert-OH is 1. The Morgan fingerprint density at radius 2 is 1.90 bits per heavy atom. The van der Waals surface area contributed by atoms with Gasteiger partial charge < -0.3 is 15.2 Å². The fraction of sp³-hybridized carbons (Fsp3) is 0.600. The molecule has 1 rings (SSSR count). The summed E-state index contributed by atoms with van der Waals surface area (Å²) in [7, 11) is 0. The van der Waals surface area contributed by atoms with Crippen molar-refractivity contribution in [3.05, 3.63) is 29.8 Å². The minimum absolute atomic E-state index is 0.0437. The average molecular weight is 287 g/mol. The molecule has 0 aliphatic rings. The Kier molecular flexibility index (Phi) is 7.47. The van der Waals surface area contributed by atoms with E-state index < -0.39 is 17.7 Å². The van der Waals surface area contributed by atoms with Crippen molar-refractivity contribution in [1.82, 2.24) is 0 Å². The number of para-hydroxylation sites is 1. The van der Waals surface area contributed by atoms with E-state index in [2.05, 4.69) is 19.2 Å². The van der Waals surface area contributed by atoms with Crippen LogP contribution < -0.4 is 5.32 Å². The Hall–Kier alpha value is -1.20. The van der Waals surface area contributed by atoms with Crippen LogP contribution in [0.1, 0.15) is 26.7 Å². The average Bonchev–Trinajstić information content (AvgIpc) is 2.37. The van der Waals surface area contributed by atoms with Crippen molar-refractivity contribution in [3.8, 4) is 0 Å². The lowest BCUT2D eigenvalue weighted by atomic mass is 10.1. The van der Waals surface area contributed by atoms with Gasteiger partial charge in [0, 0.05) is 13.2 Å². The molecule has 114 valence electrons. The van der Waals surface area contributed by atoms with Crippen LogP contribution in [0, 0.1) is 17.6 Å². The van der Waals surface area contributed by atoms with E-state index in [1.165, 1.54) is 18.2 Å². The molecule has 2 N–H and O–H groups in total. The fourth-order valence-corrected chi connectivity index (χ4v) is 1.76. The summed E-state index contributed by atoms with van der Waals surface area (Å²) in [5.41, 5.74) is -0.216. The van der Waals surface area contributed by atoms with E-state index in [-0.39, 0.29) is 18.8 Å². The molecule has 0 fully saturated rings. The Morgan fingerprint density at radius 1 is 1.25 bits per heavy atom. The highest BCUT2D eigenvalue weighted by Crippen LogP contribution is 2.17. The lowest BCUT2D eigenvalue weighted by Crippen LogP contribution is -2.25. The van der Waals surface area contributed by atoms with Crippen molar-refractivity contribution in [2.75, 3.05) is 25.1 Å². The van der Waals surface area contributed by atoms with Gasteiger partial charge in [-0.1, -0.05) is 19.9 Å². The van der Waals surface area contributed by atoms with Gasteiger partial charge in [0.2, 0.25) is 0 Å². The molecule has 0 saturated carbocycles. The van der Waals surface area contributed by atoms with Crippen LogP contribution in [0.4, 0.5) is 14.5 Å². The molecular formula is C15H23F2NO2. The van der Waals surface area contributed by atoms with Crippen molar-refractivity contribution in [2.24, 2.45) is 5.92 Å². The van der Waals surface area contributed by atoms with E-state index in [1.54, 1.807) is 0 Å². The van der Waals surface area contributed by atoms with Crippen LogP contribution in [0.3, 0.4) is 0 Å². The fourth-order valence-electron chi connectivity index (χ4n) is 1.76. The van der Waals surface area contributed by atoms with Crippen molar-refractivity contribution >= 4 is 5.69 Å². The molecule has 3 nitrogen and oxygen atoms in total. The summed E-state index contributed by atoms with van der Waals surface area (Å²) in [6.45, 7) is 5.07. The molecule has 0 radical (unpaired) electrons. The van der Waals surface area contributed by atoms with Crippen molar-refractivity contribution < 1.29 is 18.6 Å². The molecule has 1 aromatic rings. The highest BCUT2D eigenvalue weighted by molar-refractivity contribution is 5.46. The van der Waals surface area contributed by atoms with Gasteiger partial charge in [0.05, 0.1) is 12.7 Å². The highest BCUT2D eigenvalue weighted by atomic mass is 19.1. The molecule has 0 heterocycles. The molecule has 0 bridgehead atoms. The van der Waals surface area contributed by atoms with Crippen molar-refractivity contribution in [3.63, 3.8) is 0 Å². The molecular weight excluding hydrogens is 264 g/mol. The van der Waals surface area contributed by atoms with E-state index >= 15 is 0 Å². The van der Waals surface area contributed by atoms with Gasteiger partial charge in [-0.2, -0.15) is 0 Å². The number of rotatable bonds is 9. The second-order valence-electron chi connectivity index (χ2n) is 5.24. The van der Waals surface area contributed by atoms with Crippen LogP contribution in [-0.4, -0.2) is 31.0 Å². The lowest BCUT2D eigenvalue weighted by Gasteiger charge is -2.14. The number of ether oxygens (including phenoxy) is 1.